The van der Waals surface area contributed by atoms with Gasteiger partial charge in [0.15, 0.2) is 0 Å². The van der Waals surface area contributed by atoms with Crippen molar-refractivity contribution in [3.05, 3.63) is 6.07 Å². The number of nitrogens with two attached hydrogens (primary N) is 1. The molecule has 0 bridgehead atoms. The van der Waals surface area contributed by atoms with E-state index in [1.54, 1.807) is 0 Å². The fraction of sp³-hybridized carbons (Fsp3) is 0.600. The minimum absolute atomic E-state index is 0.253. The van der Waals surface area contributed by atoms with Crippen LogP contribution in [0, 0.1) is 0 Å². The van der Waals surface area contributed by atoms with E-state index >= 15 is 0 Å². The molecular formula is C10H18N4O. The summed E-state index contributed by atoms with van der Waals surface area (Å²) in [6.07, 6.45) is 0. The van der Waals surface area contributed by atoms with E-state index in [1.165, 1.54) is 0 Å². The van der Waals surface area contributed by atoms with Crippen LogP contribution in [0.4, 0.5) is 11.8 Å². The second-order valence-corrected chi connectivity index (χ2v) is 3.03. The SMILES string of the molecule is CCOc1cc(N(CC)CC)nc(N)n1. The first-order chi connectivity index (χ1) is 7.21. The van der Waals surface area contributed by atoms with Gasteiger partial charge >= 0.3 is 0 Å². The number of ether oxygens (including phenoxy) is 1. The highest BCUT2D eigenvalue weighted by Gasteiger charge is 2.07. The van der Waals surface area contributed by atoms with E-state index in [0.29, 0.717) is 12.5 Å². The molecule has 0 aromatic carbocycles. The molecular weight excluding hydrogens is 192 g/mol. The maximum Gasteiger partial charge on any atom is 0.225 e. The Morgan fingerprint density at radius 3 is 2.47 bits per heavy atom. The minimum atomic E-state index is 0.253. The Hall–Kier alpha value is -1.52. The highest BCUT2D eigenvalue weighted by molar-refractivity contribution is 5.45. The molecule has 0 saturated heterocycles. The first-order valence-electron chi connectivity index (χ1n) is 5.23. The first-order valence-corrected chi connectivity index (χ1v) is 5.23. The average molecular weight is 210 g/mol. The van der Waals surface area contributed by atoms with Gasteiger partial charge in [-0.1, -0.05) is 0 Å². The fourth-order valence-corrected chi connectivity index (χ4v) is 1.36. The Morgan fingerprint density at radius 2 is 1.93 bits per heavy atom. The fourth-order valence-electron chi connectivity index (χ4n) is 1.36. The predicted octanol–water partition coefficient (Wildman–Crippen LogP) is 1.30. The highest BCUT2D eigenvalue weighted by atomic mass is 16.5. The summed E-state index contributed by atoms with van der Waals surface area (Å²) in [6.45, 7) is 8.41. The van der Waals surface area contributed by atoms with E-state index in [0.717, 1.165) is 18.9 Å². The van der Waals surface area contributed by atoms with E-state index < -0.39 is 0 Å². The maximum atomic E-state index is 5.61. The van der Waals surface area contributed by atoms with Crippen molar-refractivity contribution in [2.75, 3.05) is 30.3 Å². The van der Waals surface area contributed by atoms with Gasteiger partial charge in [-0.05, 0) is 20.8 Å². The van der Waals surface area contributed by atoms with E-state index in [9.17, 15) is 0 Å². The van der Waals surface area contributed by atoms with Crippen molar-refractivity contribution in [2.45, 2.75) is 20.8 Å². The topological polar surface area (TPSA) is 64.3 Å². The van der Waals surface area contributed by atoms with Crippen LogP contribution in [0.1, 0.15) is 20.8 Å². The molecule has 0 spiro atoms. The third-order valence-corrected chi connectivity index (χ3v) is 2.09. The molecule has 1 aromatic heterocycles. The predicted molar refractivity (Wildman–Crippen MR) is 61.2 cm³/mol. The van der Waals surface area contributed by atoms with Crippen LogP contribution in [-0.4, -0.2) is 29.7 Å². The summed E-state index contributed by atoms with van der Waals surface area (Å²) in [5.41, 5.74) is 5.61. The van der Waals surface area contributed by atoms with Gasteiger partial charge in [0.25, 0.3) is 0 Å². The molecule has 0 aliphatic carbocycles. The van der Waals surface area contributed by atoms with Gasteiger partial charge in [-0.25, -0.2) is 0 Å². The smallest absolute Gasteiger partial charge is 0.225 e. The van der Waals surface area contributed by atoms with Gasteiger partial charge in [0, 0.05) is 19.2 Å². The van der Waals surface area contributed by atoms with Crippen molar-refractivity contribution in [2.24, 2.45) is 0 Å². The molecule has 5 heteroatoms. The number of aromatic nitrogens is 2. The number of nitrogen functional groups attached to an aromatic ring is 1. The molecule has 84 valence electrons. The number of hydrogen-bond donors (Lipinski definition) is 1. The summed E-state index contributed by atoms with van der Waals surface area (Å²) >= 11 is 0. The normalized spacial score (nSPS) is 10.1. The molecule has 1 aromatic rings. The zero-order valence-corrected chi connectivity index (χ0v) is 9.53. The lowest BCUT2D eigenvalue weighted by Gasteiger charge is -2.20. The quantitative estimate of drug-likeness (QED) is 0.793. The Morgan fingerprint density at radius 1 is 1.27 bits per heavy atom. The summed E-state index contributed by atoms with van der Waals surface area (Å²) in [6, 6.07) is 1.81. The van der Waals surface area contributed by atoms with Crippen LogP contribution in [0.15, 0.2) is 6.07 Å². The van der Waals surface area contributed by atoms with Crippen molar-refractivity contribution in [1.82, 2.24) is 9.97 Å². The van der Waals surface area contributed by atoms with Crippen LogP contribution < -0.4 is 15.4 Å². The van der Waals surface area contributed by atoms with Gasteiger partial charge < -0.3 is 15.4 Å². The van der Waals surface area contributed by atoms with E-state index in [4.69, 9.17) is 10.5 Å². The maximum absolute atomic E-state index is 5.61. The first kappa shape index (κ1) is 11.6. The number of hydrogen-bond acceptors (Lipinski definition) is 5. The molecule has 0 aliphatic heterocycles. The lowest BCUT2D eigenvalue weighted by molar-refractivity contribution is 0.327. The van der Waals surface area contributed by atoms with Crippen molar-refractivity contribution in [1.29, 1.82) is 0 Å². The summed E-state index contributed by atoms with van der Waals surface area (Å²) in [5.74, 6) is 1.60. The van der Waals surface area contributed by atoms with Crippen LogP contribution in [0.25, 0.3) is 0 Å². The average Bonchev–Trinajstić information content (AvgIpc) is 2.19. The van der Waals surface area contributed by atoms with E-state index in [2.05, 4.69) is 28.7 Å². The molecule has 0 aliphatic rings. The van der Waals surface area contributed by atoms with Crippen molar-refractivity contribution in [3.8, 4) is 5.88 Å². The molecule has 1 heterocycles. The van der Waals surface area contributed by atoms with Crippen molar-refractivity contribution >= 4 is 11.8 Å². The number of rotatable bonds is 5. The van der Waals surface area contributed by atoms with E-state index in [1.807, 2.05) is 13.0 Å². The van der Waals surface area contributed by atoms with Crippen LogP contribution >= 0.6 is 0 Å². The van der Waals surface area contributed by atoms with Crippen LogP contribution in [0.3, 0.4) is 0 Å². The number of nitrogens with zero attached hydrogens (tertiary/aromatic N) is 3. The second-order valence-electron chi connectivity index (χ2n) is 3.03. The summed E-state index contributed by atoms with van der Waals surface area (Å²) in [7, 11) is 0. The molecule has 5 nitrogen and oxygen atoms in total. The molecule has 1 rings (SSSR count). The van der Waals surface area contributed by atoms with Crippen LogP contribution in [0.5, 0.6) is 5.88 Å². The zero-order valence-electron chi connectivity index (χ0n) is 9.53. The Bertz CT molecular complexity index is 312. The summed E-state index contributed by atoms with van der Waals surface area (Å²) in [5, 5.41) is 0. The molecule has 15 heavy (non-hydrogen) atoms. The minimum Gasteiger partial charge on any atom is -0.478 e. The van der Waals surface area contributed by atoms with Crippen LogP contribution in [0.2, 0.25) is 0 Å². The molecule has 0 radical (unpaired) electrons. The summed E-state index contributed by atoms with van der Waals surface area (Å²) < 4.78 is 5.31. The lowest BCUT2D eigenvalue weighted by atomic mass is 10.4. The zero-order chi connectivity index (χ0) is 11.3. The largest absolute Gasteiger partial charge is 0.478 e. The van der Waals surface area contributed by atoms with Crippen molar-refractivity contribution in [3.63, 3.8) is 0 Å². The van der Waals surface area contributed by atoms with Gasteiger partial charge in [-0.15, -0.1) is 0 Å². The van der Waals surface area contributed by atoms with Gasteiger partial charge in [-0.3, -0.25) is 0 Å². The van der Waals surface area contributed by atoms with Crippen molar-refractivity contribution < 1.29 is 4.74 Å². The third-order valence-electron chi connectivity index (χ3n) is 2.09. The third kappa shape index (κ3) is 2.97. The standard InChI is InChI=1S/C10H18N4O/c1-4-14(5-2)8-7-9(15-6-3)13-10(11)12-8/h7H,4-6H2,1-3H3,(H2,11,12,13). The summed E-state index contributed by atoms with van der Waals surface area (Å²) in [4.78, 5) is 10.3. The highest BCUT2D eigenvalue weighted by Crippen LogP contribution is 2.18. The van der Waals surface area contributed by atoms with Gasteiger partial charge in [0.2, 0.25) is 11.8 Å². The molecule has 0 fully saturated rings. The van der Waals surface area contributed by atoms with E-state index in [-0.39, 0.29) is 5.95 Å². The second kappa shape index (κ2) is 5.38. The van der Waals surface area contributed by atoms with Gasteiger partial charge in [0.05, 0.1) is 6.61 Å². The molecule has 2 N–H and O–H groups in total. The Balaban J connectivity index is 2.96. The van der Waals surface area contributed by atoms with Crippen LogP contribution in [-0.2, 0) is 0 Å². The molecule has 0 atom stereocenters. The molecule has 0 amide bonds. The van der Waals surface area contributed by atoms with Gasteiger partial charge in [0.1, 0.15) is 5.82 Å². The Labute approximate surface area is 90.3 Å². The van der Waals surface area contributed by atoms with Gasteiger partial charge in [-0.2, -0.15) is 9.97 Å². The Kier molecular flexibility index (Phi) is 4.15. The molecule has 0 unspecified atom stereocenters. The monoisotopic (exact) mass is 210 g/mol. The number of anilines is 2. The molecule has 0 saturated carbocycles. The lowest BCUT2D eigenvalue weighted by Crippen LogP contribution is -2.23.